The van der Waals surface area contributed by atoms with Crippen LogP contribution in [-0.2, 0) is 0 Å². The second kappa shape index (κ2) is 5.73. The number of rotatable bonds is 0. The van der Waals surface area contributed by atoms with Crippen molar-refractivity contribution >= 4 is 0 Å². The van der Waals surface area contributed by atoms with E-state index >= 15 is 0 Å². The second-order valence-corrected chi connectivity index (χ2v) is 6.17. The predicted molar refractivity (Wildman–Crippen MR) is 91.8 cm³/mol. The Kier molecular flexibility index (Phi) is 3.79. The highest BCUT2D eigenvalue weighted by Crippen LogP contribution is 2.52. The highest BCUT2D eigenvalue weighted by Gasteiger charge is 2.40. The van der Waals surface area contributed by atoms with Crippen molar-refractivity contribution in [3.8, 4) is 0 Å². The van der Waals surface area contributed by atoms with Crippen LogP contribution >= 0.6 is 0 Å². The quantitative estimate of drug-likeness (QED) is 0.538. The summed E-state index contributed by atoms with van der Waals surface area (Å²) in [5.74, 6) is 0.370. The van der Waals surface area contributed by atoms with Crippen LogP contribution in [0.25, 0.3) is 0 Å². The van der Waals surface area contributed by atoms with Gasteiger partial charge in [0.25, 0.3) is 0 Å². The van der Waals surface area contributed by atoms with Gasteiger partial charge >= 0.3 is 0 Å². The summed E-state index contributed by atoms with van der Waals surface area (Å²) in [5, 5.41) is 0. The maximum absolute atomic E-state index is 2.34. The van der Waals surface area contributed by atoms with Gasteiger partial charge in [-0.05, 0) is 23.1 Å². The normalized spacial score (nSPS) is 36.3. The Bertz CT molecular complexity index is 652. The molecule has 0 saturated carbocycles. The molecule has 0 aromatic heterocycles. The molecule has 1 atom stereocenters. The van der Waals surface area contributed by atoms with E-state index in [0.29, 0.717) is 5.92 Å². The molecule has 0 saturated heterocycles. The molecular formula is C21H22. The van der Waals surface area contributed by atoms with Gasteiger partial charge in [0, 0.05) is 11.3 Å². The van der Waals surface area contributed by atoms with Crippen LogP contribution in [0.4, 0.5) is 0 Å². The lowest BCUT2D eigenvalue weighted by Crippen LogP contribution is -2.14. The van der Waals surface area contributed by atoms with E-state index in [0.717, 1.165) is 6.42 Å². The molecule has 0 fully saturated rings. The van der Waals surface area contributed by atoms with Crippen molar-refractivity contribution in [2.24, 2.45) is 11.3 Å². The van der Waals surface area contributed by atoms with Crippen molar-refractivity contribution in [2.45, 2.75) is 20.3 Å². The first kappa shape index (κ1) is 13.9. The minimum atomic E-state index is 0.0736. The molecule has 0 N–H and O–H groups in total. The summed E-state index contributed by atoms with van der Waals surface area (Å²) in [7, 11) is 0. The maximum atomic E-state index is 2.34. The van der Waals surface area contributed by atoms with Gasteiger partial charge in [-0.15, -0.1) is 0 Å². The Morgan fingerprint density at radius 1 is 0.857 bits per heavy atom. The van der Waals surface area contributed by atoms with E-state index in [2.05, 4.69) is 92.8 Å². The minimum absolute atomic E-state index is 0.0736. The number of hydrogen-bond donors (Lipinski definition) is 0. The fourth-order valence-corrected chi connectivity index (χ4v) is 3.37. The van der Waals surface area contributed by atoms with Crippen LogP contribution in [0.15, 0.2) is 95.7 Å². The standard InChI is InChI=1S/C21H22/c1-21(2)19-15-11-7-3-5-9-13-17(19)18-14-10-6-4-8-12-16-20(18)21/h3-7,9-17H,8H2,1-2H3/b5-3-,6-4-,11-7-,13-9-,14-10-,16-12?,19-15+. The van der Waals surface area contributed by atoms with Crippen LogP contribution in [0.5, 0.6) is 0 Å². The Morgan fingerprint density at radius 3 is 2.57 bits per heavy atom. The molecule has 3 rings (SSSR count). The summed E-state index contributed by atoms with van der Waals surface area (Å²) < 4.78 is 0. The van der Waals surface area contributed by atoms with E-state index < -0.39 is 0 Å². The molecule has 1 unspecified atom stereocenters. The zero-order valence-electron chi connectivity index (χ0n) is 12.8. The van der Waals surface area contributed by atoms with Crippen molar-refractivity contribution in [1.29, 1.82) is 0 Å². The Hall–Kier alpha value is -2.08. The van der Waals surface area contributed by atoms with Crippen molar-refractivity contribution < 1.29 is 0 Å². The van der Waals surface area contributed by atoms with Crippen LogP contribution in [0.2, 0.25) is 0 Å². The number of hydrogen-bond acceptors (Lipinski definition) is 0. The third kappa shape index (κ3) is 2.58. The smallest absolute Gasteiger partial charge is 0.0246 e. The molecule has 0 nitrogen and oxygen atoms in total. The molecule has 21 heavy (non-hydrogen) atoms. The highest BCUT2D eigenvalue weighted by molar-refractivity contribution is 5.57. The first-order valence-electron chi connectivity index (χ1n) is 7.68. The van der Waals surface area contributed by atoms with Gasteiger partial charge in [0.1, 0.15) is 0 Å². The largest absolute Gasteiger partial charge is 0.0807 e. The molecule has 0 heteroatoms. The molecular weight excluding hydrogens is 252 g/mol. The van der Waals surface area contributed by atoms with Gasteiger partial charge in [-0.1, -0.05) is 92.8 Å². The summed E-state index contributed by atoms with van der Waals surface area (Å²) in [5.41, 5.74) is 4.42. The van der Waals surface area contributed by atoms with E-state index in [1.807, 2.05) is 0 Å². The predicted octanol–water partition coefficient (Wildman–Crippen LogP) is 5.62. The van der Waals surface area contributed by atoms with Gasteiger partial charge in [0.05, 0.1) is 0 Å². The van der Waals surface area contributed by atoms with Gasteiger partial charge in [0.15, 0.2) is 0 Å². The van der Waals surface area contributed by atoms with Gasteiger partial charge in [-0.2, -0.15) is 0 Å². The summed E-state index contributed by atoms with van der Waals surface area (Å²) in [6, 6.07) is 0. The summed E-state index contributed by atoms with van der Waals surface area (Å²) >= 11 is 0. The summed E-state index contributed by atoms with van der Waals surface area (Å²) in [4.78, 5) is 0. The average Bonchev–Trinajstić information content (AvgIpc) is 2.79. The van der Waals surface area contributed by atoms with Crippen LogP contribution < -0.4 is 0 Å². The number of allylic oxidation sites excluding steroid dienone is 16. The van der Waals surface area contributed by atoms with Crippen LogP contribution in [0, 0.1) is 11.3 Å². The topological polar surface area (TPSA) is 0 Å². The summed E-state index contributed by atoms with van der Waals surface area (Å²) in [6.07, 6.45) is 29.6. The second-order valence-electron chi connectivity index (χ2n) is 6.17. The molecule has 0 bridgehead atoms. The van der Waals surface area contributed by atoms with Crippen molar-refractivity contribution in [3.63, 3.8) is 0 Å². The van der Waals surface area contributed by atoms with E-state index in [-0.39, 0.29) is 5.41 Å². The molecule has 106 valence electrons. The molecule has 0 aliphatic heterocycles. The van der Waals surface area contributed by atoms with Crippen LogP contribution in [0.1, 0.15) is 20.3 Å². The van der Waals surface area contributed by atoms with Gasteiger partial charge in [-0.3, -0.25) is 0 Å². The zero-order valence-corrected chi connectivity index (χ0v) is 12.8. The number of fused-ring (bicyclic) bond motifs is 2. The first-order valence-corrected chi connectivity index (χ1v) is 7.68. The maximum Gasteiger partial charge on any atom is 0.0246 e. The Balaban J connectivity index is 2.18. The fraction of sp³-hybridized carbons (Fsp3) is 0.238. The van der Waals surface area contributed by atoms with E-state index in [9.17, 15) is 0 Å². The van der Waals surface area contributed by atoms with Gasteiger partial charge < -0.3 is 0 Å². The Morgan fingerprint density at radius 2 is 1.67 bits per heavy atom. The lowest BCUT2D eigenvalue weighted by atomic mass is 9.79. The van der Waals surface area contributed by atoms with Crippen molar-refractivity contribution in [2.75, 3.05) is 0 Å². The molecule has 0 radical (unpaired) electrons. The lowest BCUT2D eigenvalue weighted by molar-refractivity contribution is 0.551. The van der Waals surface area contributed by atoms with E-state index in [1.54, 1.807) is 0 Å². The first-order chi connectivity index (χ1) is 10.2. The molecule has 0 aromatic rings. The highest BCUT2D eigenvalue weighted by atomic mass is 14.4. The van der Waals surface area contributed by atoms with Crippen LogP contribution in [0.3, 0.4) is 0 Å². The van der Waals surface area contributed by atoms with E-state index in [1.165, 1.54) is 16.7 Å². The van der Waals surface area contributed by atoms with Crippen LogP contribution in [-0.4, -0.2) is 0 Å². The summed E-state index contributed by atoms with van der Waals surface area (Å²) in [6.45, 7) is 4.68. The molecule has 3 aliphatic carbocycles. The average molecular weight is 274 g/mol. The molecule has 0 aromatic carbocycles. The van der Waals surface area contributed by atoms with Gasteiger partial charge in [0.2, 0.25) is 0 Å². The monoisotopic (exact) mass is 274 g/mol. The molecule has 3 aliphatic rings. The van der Waals surface area contributed by atoms with Crippen molar-refractivity contribution in [3.05, 3.63) is 95.7 Å². The SMILES string of the molecule is CC1(C)C2=C(/C=C\C=C/CC=C2)C2\C=C/C=C\C=C/C=C\21. The van der Waals surface area contributed by atoms with Gasteiger partial charge in [-0.25, -0.2) is 0 Å². The van der Waals surface area contributed by atoms with Crippen molar-refractivity contribution in [1.82, 2.24) is 0 Å². The molecule has 0 spiro atoms. The Labute approximate surface area is 128 Å². The third-order valence-electron chi connectivity index (χ3n) is 4.48. The minimum Gasteiger partial charge on any atom is -0.0807 e. The zero-order chi connectivity index (χ0) is 14.7. The van der Waals surface area contributed by atoms with E-state index in [4.69, 9.17) is 0 Å². The fourth-order valence-electron chi connectivity index (χ4n) is 3.37. The molecule has 0 heterocycles. The molecule has 0 amide bonds. The third-order valence-corrected chi connectivity index (χ3v) is 4.48. The lowest BCUT2D eigenvalue weighted by Gasteiger charge is -2.25.